The predicted molar refractivity (Wildman–Crippen MR) is 162 cm³/mol. The Morgan fingerprint density at radius 2 is 2.02 bits per heavy atom. The Hall–Kier alpha value is -4.92. The number of phenols is 1. The number of hydrogen-bond acceptors (Lipinski definition) is 9. The number of ether oxygens (including phenoxy) is 3. The lowest BCUT2D eigenvalue weighted by Crippen LogP contribution is -2.46. The maximum atomic E-state index is 17.0. The number of methoxy groups -OCH3 is 1. The van der Waals surface area contributed by atoms with Crippen molar-refractivity contribution in [2.45, 2.75) is 25.1 Å². The molecule has 1 fully saturated rings. The van der Waals surface area contributed by atoms with Gasteiger partial charge in [-0.15, -0.1) is 6.42 Å². The smallest absolute Gasteiger partial charge is 0.318 e. The molecule has 9 nitrogen and oxygen atoms in total. The third-order valence-electron chi connectivity index (χ3n) is 8.20. The SMILES string of the molecule is C#Cc1c(F)ccc2cc(O)cc(-c3c(Cl)c4c5c(nc(OC)nc5c3F)N(C(C)c3cccnc3N)C3COCC3O4)c12. The molecule has 3 atom stereocenters. The normalized spacial score (nSPS) is 18.0. The molecule has 3 unspecified atom stereocenters. The molecule has 12 heteroatoms. The molecule has 0 amide bonds. The summed E-state index contributed by atoms with van der Waals surface area (Å²) in [7, 11) is 1.37. The minimum Gasteiger partial charge on any atom is -0.508 e. The van der Waals surface area contributed by atoms with Crippen molar-refractivity contribution in [2.24, 2.45) is 0 Å². The van der Waals surface area contributed by atoms with Gasteiger partial charge < -0.3 is 30.0 Å². The number of aromatic hydroxyl groups is 1. The first-order valence-electron chi connectivity index (χ1n) is 13.7. The Morgan fingerprint density at radius 3 is 2.77 bits per heavy atom. The Labute approximate surface area is 255 Å². The number of nitrogens with zero attached hydrogens (tertiary/aromatic N) is 4. The molecule has 2 aromatic heterocycles. The molecule has 44 heavy (non-hydrogen) atoms. The van der Waals surface area contributed by atoms with E-state index >= 15 is 4.39 Å². The van der Waals surface area contributed by atoms with Crippen LogP contribution in [0.15, 0.2) is 42.6 Å². The number of hydrogen-bond donors (Lipinski definition) is 2. The van der Waals surface area contributed by atoms with Gasteiger partial charge in [0.1, 0.15) is 34.8 Å². The van der Waals surface area contributed by atoms with E-state index in [0.717, 1.165) is 0 Å². The first-order chi connectivity index (χ1) is 21.2. The third kappa shape index (κ3) is 4.06. The van der Waals surface area contributed by atoms with Crippen molar-refractivity contribution in [3.63, 3.8) is 0 Å². The van der Waals surface area contributed by atoms with Crippen LogP contribution in [0.25, 0.3) is 32.8 Å². The van der Waals surface area contributed by atoms with Crippen LogP contribution in [0.5, 0.6) is 17.5 Å². The van der Waals surface area contributed by atoms with Crippen LogP contribution in [-0.2, 0) is 4.74 Å². The van der Waals surface area contributed by atoms with E-state index in [2.05, 4.69) is 20.9 Å². The zero-order chi connectivity index (χ0) is 30.9. The number of anilines is 2. The lowest BCUT2D eigenvalue weighted by atomic mass is 9.92. The molecule has 3 N–H and O–H groups in total. The second-order valence-corrected chi connectivity index (χ2v) is 10.9. The number of aromatic nitrogens is 3. The molecule has 3 aromatic carbocycles. The van der Waals surface area contributed by atoms with Crippen molar-refractivity contribution < 1.29 is 28.1 Å². The lowest BCUT2D eigenvalue weighted by molar-refractivity contribution is 0.141. The van der Waals surface area contributed by atoms with Gasteiger partial charge in [0.2, 0.25) is 0 Å². The van der Waals surface area contributed by atoms with Gasteiger partial charge in [-0.1, -0.05) is 29.7 Å². The van der Waals surface area contributed by atoms with Gasteiger partial charge in [0.15, 0.2) is 11.6 Å². The Kier molecular flexibility index (Phi) is 6.57. The zero-order valence-corrected chi connectivity index (χ0v) is 24.2. The highest BCUT2D eigenvalue weighted by molar-refractivity contribution is 6.37. The Bertz CT molecular complexity index is 2050. The Morgan fingerprint density at radius 1 is 1.20 bits per heavy atom. The second-order valence-electron chi connectivity index (χ2n) is 10.6. The van der Waals surface area contributed by atoms with Crippen molar-refractivity contribution in [1.82, 2.24) is 15.0 Å². The molecule has 4 heterocycles. The summed E-state index contributed by atoms with van der Waals surface area (Å²) in [5.41, 5.74) is 6.60. The van der Waals surface area contributed by atoms with E-state index in [-0.39, 0.29) is 68.7 Å². The topological polar surface area (TPSA) is 116 Å². The molecule has 2 aliphatic heterocycles. The fourth-order valence-corrected chi connectivity index (χ4v) is 6.55. The van der Waals surface area contributed by atoms with Gasteiger partial charge in [-0.2, -0.15) is 9.97 Å². The maximum Gasteiger partial charge on any atom is 0.318 e. The van der Waals surface area contributed by atoms with Gasteiger partial charge in [0, 0.05) is 22.7 Å². The van der Waals surface area contributed by atoms with Crippen molar-refractivity contribution in [3.05, 3.63) is 70.4 Å². The van der Waals surface area contributed by atoms with Crippen molar-refractivity contribution in [2.75, 3.05) is 31.0 Å². The number of pyridine rings is 1. The standard InChI is InChI=1S/C32H24ClF2N5O4/c1-4-17-20(34)8-7-15-10-16(41)11-19(23(15)17)24-26(33)29-25-28(27(24)35)38-32(42-3)39-31(25)40(21-12-43-13-22(21)44-29)14(2)18-6-5-9-37-30(18)36/h1,5-11,14,21-22,41H,12-13H2,2-3H3,(H2,36,37). The van der Waals surface area contributed by atoms with Crippen molar-refractivity contribution in [3.8, 4) is 41.0 Å². The summed E-state index contributed by atoms with van der Waals surface area (Å²) in [4.78, 5) is 15.2. The number of terminal acetylenes is 1. The van der Waals surface area contributed by atoms with E-state index in [0.29, 0.717) is 22.6 Å². The highest BCUT2D eigenvalue weighted by Gasteiger charge is 2.44. The van der Waals surface area contributed by atoms with E-state index < -0.39 is 29.8 Å². The third-order valence-corrected chi connectivity index (χ3v) is 8.56. The molecule has 0 aliphatic carbocycles. The quantitative estimate of drug-likeness (QED) is 0.243. The van der Waals surface area contributed by atoms with Gasteiger partial charge in [-0.25, -0.2) is 13.8 Å². The highest BCUT2D eigenvalue weighted by atomic mass is 35.5. The number of benzene rings is 3. The molecule has 7 rings (SSSR count). The first-order valence-corrected chi connectivity index (χ1v) is 14.0. The number of fused-ring (bicyclic) bond motifs is 2. The molecular formula is C32H24ClF2N5O4. The summed E-state index contributed by atoms with van der Waals surface area (Å²) in [5, 5.41) is 11.3. The average molecular weight is 616 g/mol. The van der Waals surface area contributed by atoms with Crippen LogP contribution in [0.2, 0.25) is 5.02 Å². The summed E-state index contributed by atoms with van der Waals surface area (Å²) in [6.45, 7) is 2.40. The summed E-state index contributed by atoms with van der Waals surface area (Å²) >= 11 is 7.06. The molecular weight excluding hydrogens is 592 g/mol. The van der Waals surface area contributed by atoms with E-state index in [1.54, 1.807) is 12.3 Å². The van der Waals surface area contributed by atoms with Crippen LogP contribution < -0.4 is 20.1 Å². The van der Waals surface area contributed by atoms with Crippen LogP contribution in [0.4, 0.5) is 20.4 Å². The summed E-state index contributed by atoms with van der Waals surface area (Å²) in [6.07, 6.45) is 6.73. The van der Waals surface area contributed by atoms with Gasteiger partial charge in [0.05, 0.1) is 48.4 Å². The lowest BCUT2D eigenvalue weighted by Gasteiger charge is -2.36. The minimum atomic E-state index is -0.866. The van der Waals surface area contributed by atoms with Gasteiger partial charge in [0.25, 0.3) is 0 Å². The van der Waals surface area contributed by atoms with E-state index in [1.165, 1.54) is 31.4 Å². The molecule has 0 bridgehead atoms. The monoisotopic (exact) mass is 615 g/mol. The maximum absolute atomic E-state index is 17.0. The van der Waals surface area contributed by atoms with Gasteiger partial charge >= 0.3 is 6.01 Å². The molecule has 0 saturated carbocycles. The summed E-state index contributed by atoms with van der Waals surface area (Å²) < 4.78 is 49.8. The largest absolute Gasteiger partial charge is 0.508 e. The van der Waals surface area contributed by atoms with Gasteiger partial charge in [-0.05, 0) is 42.1 Å². The predicted octanol–water partition coefficient (Wildman–Crippen LogP) is 5.78. The van der Waals surface area contributed by atoms with Crippen LogP contribution in [0, 0.1) is 24.0 Å². The average Bonchev–Trinajstić information content (AvgIpc) is 3.41. The van der Waals surface area contributed by atoms with Gasteiger partial charge in [-0.3, -0.25) is 0 Å². The number of phenolic OH excluding ortho intramolecular Hbond substituents is 1. The zero-order valence-electron chi connectivity index (χ0n) is 23.4. The van der Waals surface area contributed by atoms with Crippen molar-refractivity contribution >= 4 is 44.9 Å². The number of halogens is 3. The Balaban J connectivity index is 1.59. The van der Waals surface area contributed by atoms with Crippen molar-refractivity contribution in [1.29, 1.82) is 0 Å². The van der Waals surface area contributed by atoms with Crippen LogP contribution in [-0.4, -0.2) is 52.5 Å². The first kappa shape index (κ1) is 27.9. The molecule has 0 radical (unpaired) electrons. The number of rotatable bonds is 4. The molecule has 222 valence electrons. The fourth-order valence-electron chi connectivity index (χ4n) is 6.23. The summed E-state index contributed by atoms with van der Waals surface area (Å²) in [5.74, 6) is 1.31. The van der Waals surface area contributed by atoms with E-state index in [9.17, 15) is 9.50 Å². The number of nitrogen functional groups attached to an aromatic ring is 1. The van der Waals surface area contributed by atoms with E-state index in [4.69, 9.17) is 38.0 Å². The van der Waals surface area contributed by atoms with Crippen LogP contribution >= 0.6 is 11.6 Å². The van der Waals surface area contributed by atoms with Crippen LogP contribution in [0.1, 0.15) is 24.1 Å². The molecule has 1 saturated heterocycles. The highest BCUT2D eigenvalue weighted by Crippen LogP contribution is 2.52. The second kappa shape index (κ2) is 10.4. The molecule has 0 spiro atoms. The molecule has 5 aromatic rings. The summed E-state index contributed by atoms with van der Waals surface area (Å²) in [6, 6.07) is 8.01. The molecule has 2 aliphatic rings. The number of nitrogens with two attached hydrogens (primary N) is 1. The van der Waals surface area contributed by atoms with Crippen LogP contribution in [0.3, 0.4) is 0 Å². The minimum absolute atomic E-state index is 0.0626. The fraction of sp³-hybridized carbons (Fsp3) is 0.219. The van der Waals surface area contributed by atoms with E-state index in [1.807, 2.05) is 17.9 Å².